The first-order valence-electron chi connectivity index (χ1n) is 8.58. The third-order valence-corrected chi connectivity index (χ3v) is 5.58. The van der Waals surface area contributed by atoms with Crippen LogP contribution in [0, 0.1) is 0 Å². The highest BCUT2D eigenvalue weighted by molar-refractivity contribution is 5.96. The zero-order chi connectivity index (χ0) is 18.9. The molecule has 0 spiro atoms. The highest BCUT2D eigenvalue weighted by Crippen LogP contribution is 2.48. The van der Waals surface area contributed by atoms with Crippen molar-refractivity contribution in [1.82, 2.24) is 4.90 Å². The van der Waals surface area contributed by atoms with Gasteiger partial charge in [0.1, 0.15) is 17.6 Å². The number of fused-ring (bicyclic) bond motifs is 2. The molecule has 0 radical (unpaired) electrons. The molecule has 2 aliphatic rings. The smallest absolute Gasteiger partial charge is 0.333 e. The Kier molecular flexibility index (Phi) is 4.91. The molecule has 26 heavy (non-hydrogen) atoms. The van der Waals surface area contributed by atoms with Crippen molar-refractivity contribution in [3.63, 3.8) is 0 Å². The van der Waals surface area contributed by atoms with Gasteiger partial charge in [-0.25, -0.2) is 9.59 Å². The number of aliphatic carboxylic acids is 2. The second-order valence-electron chi connectivity index (χ2n) is 6.89. The lowest BCUT2D eigenvalue weighted by atomic mass is 9.80. The number of ether oxygens (including phenoxy) is 2. The van der Waals surface area contributed by atoms with Crippen LogP contribution in [-0.4, -0.2) is 58.9 Å². The van der Waals surface area contributed by atoms with E-state index in [1.165, 1.54) is 0 Å². The Morgan fingerprint density at radius 2 is 1.88 bits per heavy atom. The van der Waals surface area contributed by atoms with Crippen LogP contribution in [0.4, 0.5) is 0 Å². The van der Waals surface area contributed by atoms with Gasteiger partial charge in [-0.2, -0.15) is 0 Å². The molecule has 0 amide bonds. The van der Waals surface area contributed by atoms with Crippen molar-refractivity contribution < 1.29 is 29.3 Å². The van der Waals surface area contributed by atoms with Crippen LogP contribution in [0.15, 0.2) is 35.9 Å². The third-order valence-electron chi connectivity index (χ3n) is 5.58. The third kappa shape index (κ3) is 3.26. The average molecular weight is 361 g/mol. The predicted octanol–water partition coefficient (Wildman–Crippen LogP) is 2.17. The maximum Gasteiger partial charge on any atom is 0.333 e. The van der Waals surface area contributed by atoms with Gasteiger partial charge in [-0.1, -0.05) is 0 Å². The molecule has 2 bridgehead atoms. The molecule has 0 saturated carbocycles. The second kappa shape index (κ2) is 6.99. The van der Waals surface area contributed by atoms with Crippen LogP contribution >= 0.6 is 0 Å². The molecular formula is C19H23NO6. The van der Waals surface area contributed by atoms with Crippen LogP contribution < -0.4 is 9.47 Å². The highest BCUT2D eigenvalue weighted by Gasteiger charge is 2.54. The van der Waals surface area contributed by atoms with Crippen LogP contribution in [0.2, 0.25) is 0 Å². The van der Waals surface area contributed by atoms with Crippen molar-refractivity contribution in [3.05, 3.63) is 35.9 Å². The SMILES string of the molecule is COc1ccc(OC2CC3CCC(/C(=C\C(=O)O)C(=O)O)(C2)N3C)cc1. The van der Waals surface area contributed by atoms with Crippen LogP contribution in [0.5, 0.6) is 11.5 Å². The normalized spacial score (nSPS) is 28.6. The van der Waals surface area contributed by atoms with Crippen molar-refractivity contribution in [2.24, 2.45) is 0 Å². The number of carboxylic acids is 2. The number of carbonyl (C=O) groups is 2. The topological polar surface area (TPSA) is 96.3 Å². The van der Waals surface area contributed by atoms with Crippen molar-refractivity contribution in [2.75, 3.05) is 14.2 Å². The highest BCUT2D eigenvalue weighted by atomic mass is 16.5. The van der Waals surface area contributed by atoms with E-state index in [0.717, 1.165) is 24.7 Å². The summed E-state index contributed by atoms with van der Waals surface area (Å²) in [4.78, 5) is 25.0. The van der Waals surface area contributed by atoms with E-state index < -0.39 is 17.5 Å². The molecule has 3 rings (SSSR count). The summed E-state index contributed by atoms with van der Waals surface area (Å²) >= 11 is 0. The number of hydrogen-bond donors (Lipinski definition) is 2. The molecule has 2 saturated heterocycles. The molecule has 3 atom stereocenters. The first-order chi connectivity index (χ1) is 12.4. The minimum atomic E-state index is -1.24. The van der Waals surface area contributed by atoms with E-state index in [9.17, 15) is 14.7 Å². The minimum absolute atomic E-state index is 0.0713. The fourth-order valence-corrected chi connectivity index (χ4v) is 4.30. The predicted molar refractivity (Wildman–Crippen MR) is 93.5 cm³/mol. The van der Waals surface area contributed by atoms with Crippen molar-refractivity contribution in [3.8, 4) is 11.5 Å². The van der Waals surface area contributed by atoms with Crippen molar-refractivity contribution in [1.29, 1.82) is 0 Å². The molecule has 2 fully saturated rings. The van der Waals surface area contributed by atoms with Gasteiger partial charge < -0.3 is 19.7 Å². The number of rotatable bonds is 6. The van der Waals surface area contributed by atoms with E-state index in [0.29, 0.717) is 18.6 Å². The summed E-state index contributed by atoms with van der Waals surface area (Å²) in [5.41, 5.74) is -0.886. The van der Waals surface area contributed by atoms with Crippen molar-refractivity contribution >= 4 is 11.9 Å². The first kappa shape index (κ1) is 18.3. The zero-order valence-electron chi connectivity index (χ0n) is 14.8. The molecule has 7 heteroatoms. The second-order valence-corrected chi connectivity index (χ2v) is 6.89. The van der Waals surface area contributed by atoms with E-state index in [1.54, 1.807) is 7.11 Å². The number of carboxylic acid groups (broad SMARTS) is 2. The molecule has 0 aliphatic carbocycles. The largest absolute Gasteiger partial charge is 0.497 e. The van der Waals surface area contributed by atoms with Gasteiger partial charge in [0.15, 0.2) is 0 Å². The molecule has 1 aromatic rings. The molecule has 3 unspecified atom stereocenters. The fourth-order valence-electron chi connectivity index (χ4n) is 4.30. The maximum atomic E-state index is 11.8. The van der Waals surface area contributed by atoms with Gasteiger partial charge in [0.05, 0.1) is 18.2 Å². The molecule has 2 heterocycles. The number of nitrogens with zero attached hydrogens (tertiary/aromatic N) is 1. The van der Waals surface area contributed by atoms with Crippen LogP contribution in [0.3, 0.4) is 0 Å². The Hall–Kier alpha value is -2.54. The van der Waals surface area contributed by atoms with Gasteiger partial charge in [-0.15, -0.1) is 0 Å². The Bertz CT molecular complexity index is 728. The van der Waals surface area contributed by atoms with Crippen LogP contribution in [0.1, 0.15) is 25.7 Å². The average Bonchev–Trinajstić information content (AvgIpc) is 2.79. The molecule has 7 nitrogen and oxygen atoms in total. The summed E-state index contributed by atoms with van der Waals surface area (Å²) in [6.07, 6.45) is 3.31. The summed E-state index contributed by atoms with van der Waals surface area (Å²) in [6.45, 7) is 0. The van der Waals surface area contributed by atoms with E-state index in [-0.39, 0.29) is 17.7 Å². The van der Waals surface area contributed by atoms with Gasteiger partial charge in [0.25, 0.3) is 0 Å². The number of likely N-dealkylation sites (N-methyl/N-ethyl adjacent to an activating group) is 1. The Balaban J connectivity index is 1.86. The molecule has 2 N–H and O–H groups in total. The summed E-state index contributed by atoms with van der Waals surface area (Å²) in [5.74, 6) is -1.01. The lowest BCUT2D eigenvalue weighted by Gasteiger charge is -2.45. The first-order valence-corrected chi connectivity index (χ1v) is 8.58. The summed E-state index contributed by atoms with van der Waals surface area (Å²) in [7, 11) is 3.47. The van der Waals surface area contributed by atoms with Gasteiger partial charge >= 0.3 is 11.9 Å². The molecular weight excluding hydrogens is 338 g/mol. The molecule has 0 aromatic heterocycles. The maximum absolute atomic E-state index is 11.8. The molecule has 140 valence electrons. The van der Waals surface area contributed by atoms with Gasteiger partial charge in [-0.3, -0.25) is 4.90 Å². The van der Waals surface area contributed by atoms with E-state index in [1.807, 2.05) is 36.2 Å². The monoisotopic (exact) mass is 361 g/mol. The van der Waals surface area contributed by atoms with Gasteiger partial charge in [0, 0.05) is 18.5 Å². The molecule has 1 aromatic carbocycles. The van der Waals surface area contributed by atoms with Gasteiger partial charge in [0.2, 0.25) is 0 Å². The number of hydrogen-bond acceptors (Lipinski definition) is 5. The lowest BCUT2D eigenvalue weighted by molar-refractivity contribution is -0.137. The van der Waals surface area contributed by atoms with Crippen LogP contribution in [0.25, 0.3) is 0 Å². The standard InChI is InChI=1S/C19H23NO6/c1-20-12-7-8-19(20,16(18(23)24)10-17(21)22)11-15(9-12)26-14-5-3-13(25-2)4-6-14/h3-6,10,12,15H,7-9,11H2,1-2H3,(H,21,22)(H,23,24)/b16-10-. The number of methoxy groups -OCH3 is 1. The van der Waals surface area contributed by atoms with E-state index >= 15 is 0 Å². The van der Waals surface area contributed by atoms with Gasteiger partial charge in [-0.05, 0) is 50.6 Å². The summed E-state index contributed by atoms with van der Waals surface area (Å²) in [5, 5.41) is 18.8. The Labute approximate surface area is 151 Å². The Morgan fingerprint density at radius 1 is 1.23 bits per heavy atom. The lowest BCUT2D eigenvalue weighted by Crippen LogP contribution is -2.55. The Morgan fingerprint density at radius 3 is 2.46 bits per heavy atom. The number of benzene rings is 1. The zero-order valence-corrected chi connectivity index (χ0v) is 14.8. The summed E-state index contributed by atoms with van der Waals surface area (Å²) in [6, 6.07) is 7.42. The summed E-state index contributed by atoms with van der Waals surface area (Å²) < 4.78 is 11.2. The number of piperidine rings is 1. The molecule has 2 aliphatic heterocycles. The minimum Gasteiger partial charge on any atom is -0.497 e. The van der Waals surface area contributed by atoms with E-state index in [4.69, 9.17) is 14.6 Å². The van der Waals surface area contributed by atoms with E-state index in [2.05, 4.69) is 0 Å². The quantitative estimate of drug-likeness (QED) is 0.750. The van der Waals surface area contributed by atoms with Crippen molar-refractivity contribution in [2.45, 2.75) is 43.4 Å². The van der Waals surface area contributed by atoms with Crippen LogP contribution in [-0.2, 0) is 9.59 Å². The fraction of sp³-hybridized carbons (Fsp3) is 0.474.